The minimum atomic E-state index is -1.58. The summed E-state index contributed by atoms with van der Waals surface area (Å²) in [7, 11) is 0.139. The van der Waals surface area contributed by atoms with Crippen LogP contribution in [0, 0.1) is 11.8 Å². The maximum Gasteiger partial charge on any atom is 0.205 e. The van der Waals surface area contributed by atoms with Crippen molar-refractivity contribution < 1.29 is 9.00 Å². The summed E-state index contributed by atoms with van der Waals surface area (Å²) >= 11 is 5.93. The van der Waals surface area contributed by atoms with Crippen molar-refractivity contribution in [2.75, 3.05) is 11.4 Å². The van der Waals surface area contributed by atoms with Crippen molar-refractivity contribution in [2.45, 2.75) is 6.42 Å². The van der Waals surface area contributed by atoms with E-state index in [1.165, 1.54) is 0 Å². The third-order valence-corrected chi connectivity index (χ3v) is 6.40. The van der Waals surface area contributed by atoms with Crippen LogP contribution >= 0.6 is 11.6 Å². The molecule has 3 aromatic rings. The Morgan fingerprint density at radius 2 is 1.77 bits per heavy atom. The van der Waals surface area contributed by atoms with E-state index in [9.17, 15) is 9.00 Å². The third-order valence-electron chi connectivity index (χ3n) is 4.78. The predicted octanol–water partition coefficient (Wildman–Crippen LogP) is 5.27. The van der Waals surface area contributed by atoms with E-state index < -0.39 is 11.0 Å². The van der Waals surface area contributed by atoms with Crippen LogP contribution in [0.2, 0.25) is 5.02 Å². The summed E-state index contributed by atoms with van der Waals surface area (Å²) in [5.41, 5.74) is 3.81. The number of benzene rings is 3. The number of anilines is 1. The Bertz CT molecular complexity index is 1220. The maximum absolute atomic E-state index is 13.1. The number of rotatable bonds is 2. The van der Waals surface area contributed by atoms with Gasteiger partial charge in [0.15, 0.2) is 11.0 Å². The van der Waals surface area contributed by atoms with Gasteiger partial charge >= 0.3 is 0 Å². The molecule has 0 bridgehead atoms. The molecule has 0 aliphatic carbocycles. The quantitative estimate of drug-likeness (QED) is 0.409. The monoisotopic (exact) mass is 431 g/mol. The van der Waals surface area contributed by atoms with E-state index in [0.717, 1.165) is 16.7 Å². The van der Waals surface area contributed by atoms with E-state index in [0.29, 0.717) is 22.7 Å². The maximum atomic E-state index is 13.1. The largest absolute Gasteiger partial charge is 0.290 e. The molecule has 0 saturated heterocycles. The summed E-state index contributed by atoms with van der Waals surface area (Å²) in [6, 6.07) is 22.5. The number of fused-ring (bicyclic) bond motifs is 1. The Balaban J connectivity index is 1.66. The summed E-state index contributed by atoms with van der Waals surface area (Å²) < 4.78 is 14.5. The van der Waals surface area contributed by atoms with Crippen LogP contribution in [0.15, 0.2) is 77.7 Å². The third kappa shape index (κ3) is 4.23. The van der Waals surface area contributed by atoms with Crippen LogP contribution in [0.4, 0.5) is 5.69 Å². The predicted molar refractivity (Wildman–Crippen MR) is 124 cm³/mol. The van der Waals surface area contributed by atoms with Gasteiger partial charge in [-0.2, -0.15) is 0 Å². The van der Waals surface area contributed by atoms with E-state index in [1.54, 1.807) is 53.8 Å². The van der Waals surface area contributed by atoms with Gasteiger partial charge in [0.2, 0.25) is 5.78 Å². The van der Waals surface area contributed by atoms with Gasteiger partial charge in [-0.1, -0.05) is 65.9 Å². The van der Waals surface area contributed by atoms with Gasteiger partial charge in [-0.05, 0) is 47.5 Å². The normalized spacial score (nSPS) is 16.7. The highest BCUT2D eigenvalue weighted by Gasteiger charge is 2.31. The highest BCUT2D eigenvalue weighted by molar-refractivity contribution is 7.91. The lowest BCUT2D eigenvalue weighted by atomic mass is 10.0. The van der Waals surface area contributed by atoms with E-state index in [1.807, 2.05) is 36.4 Å². The molecule has 1 atom stereocenters. The standard InChI is InChI=1S/C25H18ClNO2S/c1-27-23-15-12-19(9-5-8-18-6-3-2-4-7-18)16-22(23)25(28)24(30(27)29)17-20-10-13-21(26)14-11-20/h2-4,6-7,10-17H,8H2,1H3/b24-17+. The van der Waals surface area contributed by atoms with Gasteiger partial charge in [-0.3, -0.25) is 9.10 Å². The molecule has 0 amide bonds. The highest BCUT2D eigenvalue weighted by Crippen LogP contribution is 2.33. The second-order valence-corrected chi connectivity index (χ2v) is 8.75. The van der Waals surface area contributed by atoms with Crippen LogP contribution in [0.3, 0.4) is 0 Å². The lowest BCUT2D eigenvalue weighted by Gasteiger charge is -2.27. The molecule has 0 spiro atoms. The van der Waals surface area contributed by atoms with Crippen LogP contribution in [0.1, 0.15) is 27.0 Å². The first-order valence-corrected chi connectivity index (χ1v) is 10.9. The van der Waals surface area contributed by atoms with Crippen LogP contribution < -0.4 is 4.31 Å². The number of allylic oxidation sites excluding steroid dienone is 1. The molecule has 0 N–H and O–H groups in total. The Labute approximate surface area is 183 Å². The number of nitrogens with zero attached hydrogens (tertiary/aromatic N) is 1. The lowest BCUT2D eigenvalue weighted by molar-refractivity contribution is 0.104. The summed E-state index contributed by atoms with van der Waals surface area (Å²) in [6.45, 7) is 0. The van der Waals surface area contributed by atoms with Gasteiger partial charge in [-0.25, -0.2) is 4.21 Å². The zero-order valence-corrected chi connectivity index (χ0v) is 17.8. The van der Waals surface area contributed by atoms with E-state index in [2.05, 4.69) is 11.8 Å². The van der Waals surface area contributed by atoms with Crippen molar-refractivity contribution in [3.8, 4) is 11.8 Å². The van der Waals surface area contributed by atoms with E-state index in [4.69, 9.17) is 11.6 Å². The van der Waals surface area contributed by atoms with Crippen molar-refractivity contribution in [1.29, 1.82) is 0 Å². The molecular formula is C25H18ClNO2S. The summed E-state index contributed by atoms with van der Waals surface area (Å²) in [4.78, 5) is 13.4. The number of halogens is 1. The first-order chi connectivity index (χ1) is 14.5. The molecule has 30 heavy (non-hydrogen) atoms. The molecule has 0 fully saturated rings. The Morgan fingerprint density at radius 3 is 2.50 bits per heavy atom. The van der Waals surface area contributed by atoms with Crippen molar-refractivity contribution in [2.24, 2.45) is 0 Å². The van der Waals surface area contributed by atoms with Gasteiger partial charge in [-0.15, -0.1) is 0 Å². The van der Waals surface area contributed by atoms with Crippen LogP contribution in [-0.4, -0.2) is 17.0 Å². The van der Waals surface area contributed by atoms with Crippen molar-refractivity contribution >= 4 is 40.1 Å². The first kappa shape index (κ1) is 20.2. The van der Waals surface area contributed by atoms with E-state index in [-0.39, 0.29) is 10.7 Å². The summed E-state index contributed by atoms with van der Waals surface area (Å²) in [5.74, 6) is 6.04. The zero-order chi connectivity index (χ0) is 21.1. The number of carbonyl (C=O) groups is 1. The van der Waals surface area contributed by atoms with Gasteiger partial charge < -0.3 is 0 Å². The second-order valence-electron chi connectivity index (χ2n) is 6.83. The van der Waals surface area contributed by atoms with Gasteiger partial charge in [0, 0.05) is 29.6 Å². The molecule has 1 heterocycles. The minimum absolute atomic E-state index is 0.238. The molecule has 0 aromatic heterocycles. The fraction of sp³-hybridized carbons (Fsp3) is 0.0800. The van der Waals surface area contributed by atoms with Gasteiger partial charge in [0.05, 0.1) is 5.69 Å². The lowest BCUT2D eigenvalue weighted by Crippen LogP contribution is -2.31. The van der Waals surface area contributed by atoms with Gasteiger partial charge in [0.1, 0.15) is 4.91 Å². The van der Waals surface area contributed by atoms with Gasteiger partial charge in [0.25, 0.3) is 0 Å². The molecule has 1 aliphatic rings. The Hall–Kier alpha value is -3.13. The average Bonchev–Trinajstić information content (AvgIpc) is 2.77. The van der Waals surface area contributed by atoms with Crippen LogP contribution in [0.25, 0.3) is 6.08 Å². The van der Waals surface area contributed by atoms with E-state index >= 15 is 0 Å². The van der Waals surface area contributed by atoms with Crippen LogP contribution in [0.5, 0.6) is 0 Å². The molecular weight excluding hydrogens is 414 g/mol. The van der Waals surface area contributed by atoms with Crippen molar-refractivity contribution in [3.63, 3.8) is 0 Å². The van der Waals surface area contributed by atoms with Crippen molar-refractivity contribution in [1.82, 2.24) is 0 Å². The zero-order valence-electron chi connectivity index (χ0n) is 16.3. The molecule has 0 saturated carbocycles. The molecule has 4 rings (SSSR count). The molecule has 1 unspecified atom stereocenters. The molecule has 0 radical (unpaired) electrons. The number of ketones is 1. The topological polar surface area (TPSA) is 37.4 Å². The number of hydrogen-bond donors (Lipinski definition) is 0. The Morgan fingerprint density at radius 1 is 1.03 bits per heavy atom. The number of carbonyl (C=O) groups excluding carboxylic acids is 1. The smallest absolute Gasteiger partial charge is 0.205 e. The second kappa shape index (κ2) is 8.71. The highest BCUT2D eigenvalue weighted by atomic mass is 35.5. The van der Waals surface area contributed by atoms with Crippen molar-refractivity contribution in [3.05, 3.63) is 105 Å². The molecule has 3 aromatic carbocycles. The fourth-order valence-corrected chi connectivity index (χ4v) is 4.45. The summed E-state index contributed by atoms with van der Waals surface area (Å²) in [6.07, 6.45) is 2.29. The fourth-order valence-electron chi connectivity index (χ4n) is 3.19. The van der Waals surface area contributed by atoms with Crippen LogP contribution in [-0.2, 0) is 17.4 Å². The number of hydrogen-bond acceptors (Lipinski definition) is 2. The SMILES string of the molecule is CN1c2ccc(C#CCc3ccccc3)cc2C(=O)/C(=C\c2ccc(Cl)cc2)S1=O. The molecule has 1 aliphatic heterocycles. The number of Topliss-reactive ketones (excluding diaryl/α,β-unsaturated/α-hetero) is 1. The molecule has 5 heteroatoms. The average molecular weight is 432 g/mol. The molecule has 3 nitrogen and oxygen atoms in total. The Kier molecular flexibility index (Phi) is 5.85. The first-order valence-electron chi connectivity index (χ1n) is 9.37. The minimum Gasteiger partial charge on any atom is -0.290 e. The molecule has 148 valence electrons. The summed E-state index contributed by atoms with van der Waals surface area (Å²) in [5, 5.41) is 0.606.